The summed E-state index contributed by atoms with van der Waals surface area (Å²) in [4.78, 5) is 16.7. The molecule has 26 heavy (non-hydrogen) atoms. The molecule has 2 amide bonds. The third-order valence-electron chi connectivity index (χ3n) is 4.23. The van der Waals surface area contributed by atoms with E-state index in [-0.39, 0.29) is 6.03 Å². The summed E-state index contributed by atoms with van der Waals surface area (Å²) in [6.07, 6.45) is 3.66. The van der Waals surface area contributed by atoms with E-state index in [1.54, 1.807) is 10.9 Å². The van der Waals surface area contributed by atoms with Crippen molar-refractivity contribution in [1.82, 2.24) is 24.6 Å². The van der Waals surface area contributed by atoms with Crippen LogP contribution in [0.4, 0.5) is 10.6 Å². The number of amides is 2. The first-order chi connectivity index (χ1) is 12.5. The van der Waals surface area contributed by atoms with Crippen molar-refractivity contribution in [3.8, 4) is 11.1 Å². The number of urea groups is 1. The number of carbonyl (C=O) groups excluding carboxylic acids is 1. The van der Waals surface area contributed by atoms with Crippen molar-refractivity contribution >= 4 is 11.8 Å². The molecule has 0 saturated heterocycles. The molecule has 3 rings (SSSR count). The highest BCUT2D eigenvalue weighted by Crippen LogP contribution is 2.30. The summed E-state index contributed by atoms with van der Waals surface area (Å²) in [5.41, 5.74) is 2.81. The van der Waals surface area contributed by atoms with E-state index in [2.05, 4.69) is 34.6 Å². The molecule has 0 unspecified atom stereocenters. The van der Waals surface area contributed by atoms with E-state index < -0.39 is 0 Å². The number of nitrogens with zero attached hydrogens (tertiary/aromatic N) is 4. The Morgan fingerprint density at radius 1 is 1.23 bits per heavy atom. The predicted octanol–water partition coefficient (Wildman–Crippen LogP) is 3.49. The zero-order valence-electron chi connectivity index (χ0n) is 15.5. The van der Waals surface area contributed by atoms with Gasteiger partial charge in [0.25, 0.3) is 0 Å². The molecular formula is C19H24N6O. The molecular weight excluding hydrogens is 328 g/mol. The van der Waals surface area contributed by atoms with Gasteiger partial charge in [-0.05, 0) is 26.3 Å². The fourth-order valence-electron chi connectivity index (χ4n) is 3.01. The van der Waals surface area contributed by atoms with Gasteiger partial charge >= 0.3 is 6.03 Å². The number of nitrogens with one attached hydrogen (secondary N) is 2. The second-order valence-electron chi connectivity index (χ2n) is 6.45. The Morgan fingerprint density at radius 2 is 1.96 bits per heavy atom. The lowest BCUT2D eigenvalue weighted by atomic mass is 10.1. The van der Waals surface area contributed by atoms with Gasteiger partial charge in [0.1, 0.15) is 11.6 Å². The van der Waals surface area contributed by atoms with Crippen LogP contribution in [0.25, 0.3) is 11.1 Å². The second-order valence-corrected chi connectivity index (χ2v) is 6.45. The molecule has 2 aromatic heterocycles. The predicted molar refractivity (Wildman–Crippen MR) is 102 cm³/mol. The quantitative estimate of drug-likeness (QED) is 0.738. The Morgan fingerprint density at radius 3 is 2.65 bits per heavy atom. The van der Waals surface area contributed by atoms with Crippen molar-refractivity contribution in [2.24, 2.45) is 7.05 Å². The zero-order valence-corrected chi connectivity index (χ0v) is 15.5. The van der Waals surface area contributed by atoms with Crippen LogP contribution in [-0.4, -0.2) is 25.4 Å². The summed E-state index contributed by atoms with van der Waals surface area (Å²) in [5.74, 6) is 1.48. The number of aryl methyl sites for hydroxylation is 2. The van der Waals surface area contributed by atoms with Crippen LogP contribution < -0.4 is 10.6 Å². The molecule has 0 aliphatic rings. The number of rotatable bonds is 5. The van der Waals surface area contributed by atoms with Crippen molar-refractivity contribution in [2.75, 3.05) is 5.32 Å². The Bertz CT molecular complexity index is 894. The smallest absolute Gasteiger partial charge is 0.320 e. The van der Waals surface area contributed by atoms with E-state index in [1.807, 2.05) is 55.1 Å². The normalized spacial score (nSPS) is 11.0. The molecule has 0 aliphatic carbocycles. The average Bonchev–Trinajstić information content (AvgIpc) is 3.18. The topological polar surface area (TPSA) is 76.8 Å². The maximum absolute atomic E-state index is 12.4. The van der Waals surface area contributed by atoms with Crippen molar-refractivity contribution < 1.29 is 4.79 Å². The third-order valence-corrected chi connectivity index (χ3v) is 4.23. The van der Waals surface area contributed by atoms with Crippen LogP contribution in [0.5, 0.6) is 0 Å². The van der Waals surface area contributed by atoms with Crippen molar-refractivity contribution in [3.05, 3.63) is 54.2 Å². The summed E-state index contributed by atoms with van der Waals surface area (Å²) >= 11 is 0. The first kappa shape index (κ1) is 17.7. The van der Waals surface area contributed by atoms with Gasteiger partial charge < -0.3 is 9.88 Å². The Kier molecular flexibility index (Phi) is 5.06. The maximum Gasteiger partial charge on any atom is 0.320 e. The van der Waals surface area contributed by atoms with Gasteiger partial charge in [-0.3, -0.25) is 10.00 Å². The molecule has 2 heterocycles. The highest BCUT2D eigenvalue weighted by atomic mass is 16.2. The molecule has 3 aromatic rings. The minimum Gasteiger partial charge on any atom is -0.331 e. The van der Waals surface area contributed by atoms with Crippen LogP contribution >= 0.6 is 0 Å². The minimum atomic E-state index is -0.288. The van der Waals surface area contributed by atoms with Gasteiger partial charge in [-0.2, -0.15) is 5.10 Å². The zero-order chi connectivity index (χ0) is 18.7. The average molecular weight is 352 g/mol. The standard InChI is InChI=1S/C19H24N6O/c1-13(2)25-11-10-20-16(25)12-21-19(26)22-18-17(14(3)23-24(18)4)15-8-6-5-7-9-15/h5-11,13H,12H2,1-4H3,(H2,21,22,26). The first-order valence-corrected chi connectivity index (χ1v) is 8.63. The van der Waals surface area contributed by atoms with Crippen molar-refractivity contribution in [2.45, 2.75) is 33.4 Å². The Balaban J connectivity index is 1.75. The number of imidazole rings is 1. The summed E-state index contributed by atoms with van der Waals surface area (Å²) in [5, 5.41) is 10.2. The van der Waals surface area contributed by atoms with Crippen LogP contribution in [0.1, 0.15) is 31.4 Å². The molecule has 7 nitrogen and oxygen atoms in total. The fourth-order valence-corrected chi connectivity index (χ4v) is 3.01. The van der Waals surface area contributed by atoms with E-state index in [4.69, 9.17) is 0 Å². The minimum absolute atomic E-state index is 0.288. The summed E-state index contributed by atoms with van der Waals surface area (Å²) in [6.45, 7) is 6.45. The summed E-state index contributed by atoms with van der Waals surface area (Å²) in [6, 6.07) is 9.92. The van der Waals surface area contributed by atoms with Crippen LogP contribution in [0.3, 0.4) is 0 Å². The van der Waals surface area contributed by atoms with Gasteiger partial charge in [-0.25, -0.2) is 9.78 Å². The van der Waals surface area contributed by atoms with Crippen LogP contribution in [0.15, 0.2) is 42.7 Å². The van der Waals surface area contributed by atoms with Crippen LogP contribution in [0, 0.1) is 6.92 Å². The van der Waals surface area contributed by atoms with Crippen LogP contribution in [0.2, 0.25) is 0 Å². The lowest BCUT2D eigenvalue weighted by molar-refractivity contribution is 0.251. The monoisotopic (exact) mass is 352 g/mol. The lowest BCUT2D eigenvalue weighted by Crippen LogP contribution is -2.30. The molecule has 0 aliphatic heterocycles. The van der Waals surface area contributed by atoms with Gasteiger partial charge in [0.05, 0.1) is 12.2 Å². The Hall–Kier alpha value is -3.09. The number of hydrogen-bond donors (Lipinski definition) is 2. The van der Waals surface area contributed by atoms with E-state index in [0.29, 0.717) is 18.4 Å². The molecule has 7 heteroatoms. The highest BCUT2D eigenvalue weighted by molar-refractivity contribution is 5.93. The summed E-state index contributed by atoms with van der Waals surface area (Å²) < 4.78 is 3.72. The molecule has 0 atom stereocenters. The summed E-state index contributed by atoms with van der Waals surface area (Å²) in [7, 11) is 1.82. The Labute approximate surface area is 153 Å². The first-order valence-electron chi connectivity index (χ1n) is 8.63. The highest BCUT2D eigenvalue weighted by Gasteiger charge is 2.17. The van der Waals surface area contributed by atoms with E-state index in [1.165, 1.54) is 0 Å². The van der Waals surface area contributed by atoms with E-state index >= 15 is 0 Å². The van der Waals surface area contributed by atoms with Crippen LogP contribution in [-0.2, 0) is 13.6 Å². The SMILES string of the molecule is Cc1nn(C)c(NC(=O)NCc2nccn2C(C)C)c1-c1ccccc1. The molecule has 136 valence electrons. The molecule has 2 N–H and O–H groups in total. The van der Waals surface area contributed by atoms with Gasteiger partial charge in [0, 0.05) is 31.0 Å². The van der Waals surface area contributed by atoms with Crippen molar-refractivity contribution in [3.63, 3.8) is 0 Å². The van der Waals surface area contributed by atoms with Gasteiger partial charge in [0.2, 0.25) is 0 Å². The number of anilines is 1. The number of hydrogen-bond acceptors (Lipinski definition) is 3. The fraction of sp³-hybridized carbons (Fsp3) is 0.316. The van der Waals surface area contributed by atoms with Gasteiger partial charge in [-0.1, -0.05) is 30.3 Å². The molecule has 0 radical (unpaired) electrons. The number of benzene rings is 1. The van der Waals surface area contributed by atoms with Crippen molar-refractivity contribution in [1.29, 1.82) is 0 Å². The van der Waals surface area contributed by atoms with E-state index in [0.717, 1.165) is 22.6 Å². The molecule has 0 bridgehead atoms. The second kappa shape index (κ2) is 7.43. The lowest BCUT2D eigenvalue weighted by Gasteiger charge is -2.13. The number of aromatic nitrogens is 4. The largest absolute Gasteiger partial charge is 0.331 e. The molecule has 1 aromatic carbocycles. The molecule has 0 fully saturated rings. The molecule has 0 saturated carbocycles. The maximum atomic E-state index is 12.4. The van der Waals surface area contributed by atoms with Gasteiger partial charge in [0.15, 0.2) is 0 Å². The number of carbonyl (C=O) groups is 1. The third kappa shape index (κ3) is 3.61. The molecule has 0 spiro atoms. The van der Waals surface area contributed by atoms with E-state index in [9.17, 15) is 4.79 Å². The van der Waals surface area contributed by atoms with Gasteiger partial charge in [-0.15, -0.1) is 0 Å².